The van der Waals surface area contributed by atoms with Crippen LogP contribution in [0, 0.1) is 0 Å². The highest BCUT2D eigenvalue weighted by atomic mass is 19.1. The Morgan fingerprint density at radius 2 is 1.88 bits per heavy atom. The lowest BCUT2D eigenvalue weighted by Crippen LogP contribution is -2.24. The molecule has 0 amide bonds. The Kier molecular flexibility index (Phi) is 4.55. The molecule has 92 valence electrons. The number of hydrogen-bond acceptors (Lipinski definition) is 2. The van der Waals surface area contributed by atoms with Gasteiger partial charge in [-0.05, 0) is 30.9 Å². The third-order valence-electron chi connectivity index (χ3n) is 2.86. The molecule has 1 aromatic rings. The molecule has 0 heterocycles. The van der Waals surface area contributed by atoms with Crippen LogP contribution in [-0.4, -0.2) is 17.7 Å². The molecule has 0 saturated carbocycles. The number of alkyl halides is 1. The van der Waals surface area contributed by atoms with Crippen LogP contribution in [0.3, 0.4) is 0 Å². The first-order chi connectivity index (χ1) is 8.02. The Morgan fingerprint density at radius 1 is 1.24 bits per heavy atom. The summed E-state index contributed by atoms with van der Waals surface area (Å²) >= 11 is 0. The molecule has 0 spiro atoms. The molecule has 17 heavy (non-hydrogen) atoms. The summed E-state index contributed by atoms with van der Waals surface area (Å²) in [6.45, 7) is 5.00. The van der Waals surface area contributed by atoms with Crippen LogP contribution in [0.4, 0.5) is 4.39 Å². The van der Waals surface area contributed by atoms with Crippen LogP contribution >= 0.6 is 0 Å². The molecule has 0 saturated heterocycles. The van der Waals surface area contributed by atoms with Gasteiger partial charge in [0.25, 0.3) is 0 Å². The number of carbonyl (C=O) groups is 2. The Bertz CT molecular complexity index is 438. The van der Waals surface area contributed by atoms with Gasteiger partial charge in [0.05, 0.1) is 0 Å². The standard InChI is InChI=1S/C14H17FO2/c1-4-10-7-6-8-12(11(10)5-2)14(17)13(15)9(3)16/h6-8,13H,4-5H2,1-3H3. The molecular weight excluding hydrogens is 219 g/mol. The average Bonchev–Trinajstić information content (AvgIpc) is 2.35. The van der Waals surface area contributed by atoms with Gasteiger partial charge in [0.2, 0.25) is 12.0 Å². The number of carbonyl (C=O) groups excluding carboxylic acids is 2. The Balaban J connectivity index is 3.22. The first-order valence-electron chi connectivity index (χ1n) is 5.82. The predicted octanol–water partition coefficient (Wildman–Crippen LogP) is 2.92. The second kappa shape index (κ2) is 5.71. The van der Waals surface area contributed by atoms with Crippen LogP contribution in [0.5, 0.6) is 0 Å². The summed E-state index contributed by atoms with van der Waals surface area (Å²) in [5.74, 6) is -1.45. The molecule has 1 aromatic carbocycles. The molecule has 3 heteroatoms. The van der Waals surface area contributed by atoms with Gasteiger partial charge in [0, 0.05) is 5.56 Å². The number of benzene rings is 1. The van der Waals surface area contributed by atoms with Crippen molar-refractivity contribution in [2.24, 2.45) is 0 Å². The first-order valence-corrected chi connectivity index (χ1v) is 5.82. The molecule has 1 atom stereocenters. The molecule has 0 aliphatic rings. The number of halogens is 1. The van der Waals surface area contributed by atoms with Crippen LogP contribution in [-0.2, 0) is 17.6 Å². The number of rotatable bonds is 5. The second-order valence-corrected chi connectivity index (χ2v) is 3.99. The lowest BCUT2D eigenvalue weighted by atomic mass is 9.92. The van der Waals surface area contributed by atoms with Gasteiger partial charge in [0.1, 0.15) is 0 Å². The monoisotopic (exact) mass is 236 g/mol. The molecule has 1 unspecified atom stereocenters. The maximum Gasteiger partial charge on any atom is 0.220 e. The van der Waals surface area contributed by atoms with Gasteiger partial charge in [-0.3, -0.25) is 9.59 Å². The van der Waals surface area contributed by atoms with E-state index in [2.05, 4.69) is 0 Å². The van der Waals surface area contributed by atoms with Gasteiger partial charge in [0.15, 0.2) is 5.78 Å². The Labute approximate surface area is 101 Å². The van der Waals surface area contributed by atoms with E-state index in [4.69, 9.17) is 0 Å². The van der Waals surface area contributed by atoms with Gasteiger partial charge >= 0.3 is 0 Å². The molecule has 0 N–H and O–H groups in total. The van der Waals surface area contributed by atoms with E-state index < -0.39 is 17.7 Å². The number of hydrogen-bond donors (Lipinski definition) is 0. The van der Waals surface area contributed by atoms with Gasteiger partial charge in [-0.15, -0.1) is 0 Å². The van der Waals surface area contributed by atoms with E-state index in [-0.39, 0.29) is 0 Å². The van der Waals surface area contributed by atoms with Crippen LogP contribution in [0.1, 0.15) is 42.3 Å². The average molecular weight is 236 g/mol. The van der Waals surface area contributed by atoms with E-state index in [1.54, 1.807) is 12.1 Å². The Morgan fingerprint density at radius 3 is 2.35 bits per heavy atom. The van der Waals surface area contributed by atoms with Crippen molar-refractivity contribution in [2.75, 3.05) is 0 Å². The van der Waals surface area contributed by atoms with Crippen molar-refractivity contribution in [3.8, 4) is 0 Å². The van der Waals surface area contributed by atoms with E-state index in [1.807, 2.05) is 19.9 Å². The van der Waals surface area contributed by atoms with Gasteiger partial charge < -0.3 is 0 Å². The predicted molar refractivity (Wildman–Crippen MR) is 65.1 cm³/mol. The lowest BCUT2D eigenvalue weighted by molar-refractivity contribution is -0.120. The Hall–Kier alpha value is -1.51. The lowest BCUT2D eigenvalue weighted by Gasteiger charge is -2.12. The number of aryl methyl sites for hydroxylation is 1. The van der Waals surface area contributed by atoms with Crippen molar-refractivity contribution in [2.45, 2.75) is 39.8 Å². The fourth-order valence-corrected chi connectivity index (χ4v) is 1.94. The van der Waals surface area contributed by atoms with Crippen molar-refractivity contribution in [3.63, 3.8) is 0 Å². The van der Waals surface area contributed by atoms with Crippen LogP contribution in [0.2, 0.25) is 0 Å². The van der Waals surface area contributed by atoms with E-state index in [0.717, 1.165) is 24.5 Å². The summed E-state index contributed by atoms with van der Waals surface area (Å²) in [5.41, 5.74) is 2.23. The van der Waals surface area contributed by atoms with Gasteiger partial charge in [-0.25, -0.2) is 4.39 Å². The number of Topliss-reactive ketones (excluding diaryl/α,β-unsaturated/α-hetero) is 2. The zero-order valence-corrected chi connectivity index (χ0v) is 10.4. The SMILES string of the molecule is CCc1cccc(C(=O)C(F)C(C)=O)c1CC. The smallest absolute Gasteiger partial charge is 0.220 e. The van der Waals surface area contributed by atoms with E-state index in [1.165, 1.54) is 0 Å². The molecule has 2 nitrogen and oxygen atoms in total. The molecule has 0 fully saturated rings. The minimum absolute atomic E-state index is 0.342. The summed E-state index contributed by atoms with van der Waals surface area (Å²) < 4.78 is 13.5. The fourth-order valence-electron chi connectivity index (χ4n) is 1.94. The maximum atomic E-state index is 13.5. The van der Waals surface area contributed by atoms with Crippen molar-refractivity contribution in [1.29, 1.82) is 0 Å². The molecule has 0 bridgehead atoms. The molecular formula is C14H17FO2. The first kappa shape index (κ1) is 13.6. The minimum Gasteiger partial charge on any atom is -0.296 e. The van der Waals surface area contributed by atoms with Crippen LogP contribution < -0.4 is 0 Å². The summed E-state index contributed by atoms with van der Waals surface area (Å²) in [7, 11) is 0. The van der Waals surface area contributed by atoms with Crippen molar-refractivity contribution >= 4 is 11.6 Å². The van der Waals surface area contributed by atoms with Gasteiger partial charge in [-0.1, -0.05) is 32.0 Å². The van der Waals surface area contributed by atoms with Crippen molar-refractivity contribution < 1.29 is 14.0 Å². The minimum atomic E-state index is -2.03. The molecule has 0 aliphatic carbocycles. The molecule has 1 rings (SSSR count). The van der Waals surface area contributed by atoms with E-state index in [0.29, 0.717) is 12.0 Å². The highest BCUT2D eigenvalue weighted by Gasteiger charge is 2.25. The highest BCUT2D eigenvalue weighted by molar-refractivity contribution is 6.13. The largest absolute Gasteiger partial charge is 0.296 e. The second-order valence-electron chi connectivity index (χ2n) is 3.99. The zero-order valence-electron chi connectivity index (χ0n) is 10.4. The summed E-state index contributed by atoms with van der Waals surface area (Å²) in [6.07, 6.45) is -0.579. The normalized spacial score (nSPS) is 12.2. The van der Waals surface area contributed by atoms with Crippen molar-refractivity contribution in [1.82, 2.24) is 0 Å². The zero-order chi connectivity index (χ0) is 13.0. The third-order valence-corrected chi connectivity index (χ3v) is 2.86. The summed E-state index contributed by atoms with van der Waals surface area (Å²) in [4.78, 5) is 22.8. The molecule has 0 aromatic heterocycles. The quantitative estimate of drug-likeness (QED) is 0.582. The topological polar surface area (TPSA) is 34.1 Å². The highest BCUT2D eigenvalue weighted by Crippen LogP contribution is 2.19. The molecule has 0 aliphatic heterocycles. The van der Waals surface area contributed by atoms with Gasteiger partial charge in [-0.2, -0.15) is 0 Å². The fraction of sp³-hybridized carbons (Fsp3) is 0.429. The third kappa shape index (κ3) is 2.78. The molecule has 0 radical (unpaired) electrons. The summed E-state index contributed by atoms with van der Waals surface area (Å²) in [6, 6.07) is 5.25. The van der Waals surface area contributed by atoms with Crippen LogP contribution in [0.15, 0.2) is 18.2 Å². The van der Waals surface area contributed by atoms with E-state index in [9.17, 15) is 14.0 Å². The van der Waals surface area contributed by atoms with Crippen molar-refractivity contribution in [3.05, 3.63) is 34.9 Å². The summed E-state index contributed by atoms with van der Waals surface area (Å²) in [5, 5.41) is 0. The maximum absolute atomic E-state index is 13.5. The number of ketones is 2. The van der Waals surface area contributed by atoms with Crippen LogP contribution in [0.25, 0.3) is 0 Å². The van der Waals surface area contributed by atoms with E-state index >= 15 is 0 Å².